The molecular formula is C21H22ClN5O4. The van der Waals surface area contributed by atoms with Crippen molar-refractivity contribution in [3.63, 3.8) is 0 Å². The van der Waals surface area contributed by atoms with Crippen LogP contribution < -0.4 is 10.2 Å². The molecule has 0 spiro atoms. The molecule has 1 saturated heterocycles. The van der Waals surface area contributed by atoms with E-state index in [2.05, 4.69) is 20.3 Å². The molecule has 2 N–H and O–H groups in total. The summed E-state index contributed by atoms with van der Waals surface area (Å²) in [5.41, 5.74) is 1.63. The Bertz CT molecular complexity index is 1090. The lowest BCUT2D eigenvalue weighted by Crippen LogP contribution is -2.41. The van der Waals surface area contributed by atoms with Crippen LogP contribution in [0.3, 0.4) is 0 Å². The van der Waals surface area contributed by atoms with Crippen LogP contribution in [0, 0.1) is 6.92 Å². The summed E-state index contributed by atoms with van der Waals surface area (Å²) in [4.78, 5) is 26.6. The van der Waals surface area contributed by atoms with Crippen molar-refractivity contribution in [1.82, 2.24) is 15.0 Å². The third-order valence-corrected chi connectivity index (χ3v) is 5.24. The van der Waals surface area contributed by atoms with Crippen LogP contribution in [0.5, 0.6) is 0 Å². The highest BCUT2D eigenvalue weighted by Gasteiger charge is 2.38. The number of aryl methyl sites for hydroxylation is 1. The van der Waals surface area contributed by atoms with Gasteiger partial charge in [0.15, 0.2) is 5.76 Å². The minimum Gasteiger partial charge on any atom is -0.447 e. The van der Waals surface area contributed by atoms with Gasteiger partial charge in [-0.25, -0.2) is 14.8 Å². The highest BCUT2D eigenvalue weighted by molar-refractivity contribution is 6.30. The fraction of sp³-hybridized carbons (Fsp3) is 0.333. The molecule has 1 amide bonds. The SMILES string of the molecule is Cc1nc([C@@H](C)Nc2nccc(N3C(=O)OC[C@@H]3[C@@H](C)O)n2)oc1-c1ccc(Cl)cc1. The van der Waals surface area contributed by atoms with Gasteiger partial charge in [-0.15, -0.1) is 0 Å². The molecule has 3 aromatic rings. The monoisotopic (exact) mass is 443 g/mol. The smallest absolute Gasteiger partial charge is 0.416 e. The molecule has 3 heterocycles. The molecule has 0 saturated carbocycles. The van der Waals surface area contributed by atoms with Gasteiger partial charge in [0.25, 0.3) is 0 Å². The Morgan fingerprint density at radius 2 is 1.97 bits per heavy atom. The molecule has 1 fully saturated rings. The number of aliphatic hydroxyl groups is 1. The third kappa shape index (κ3) is 4.33. The van der Waals surface area contributed by atoms with Gasteiger partial charge in [-0.05, 0) is 51.1 Å². The Morgan fingerprint density at radius 1 is 1.23 bits per heavy atom. The van der Waals surface area contributed by atoms with Crippen LogP contribution in [0.15, 0.2) is 40.9 Å². The van der Waals surface area contributed by atoms with Crippen molar-refractivity contribution in [2.45, 2.75) is 39.0 Å². The van der Waals surface area contributed by atoms with E-state index in [9.17, 15) is 9.90 Å². The molecule has 0 bridgehead atoms. The van der Waals surface area contributed by atoms with E-state index in [0.29, 0.717) is 22.5 Å². The van der Waals surface area contributed by atoms with Gasteiger partial charge in [0.1, 0.15) is 24.5 Å². The number of halogens is 1. The molecule has 0 aliphatic carbocycles. The van der Waals surface area contributed by atoms with Gasteiger partial charge in [0.05, 0.1) is 11.8 Å². The number of hydrogen-bond acceptors (Lipinski definition) is 8. The maximum absolute atomic E-state index is 12.1. The van der Waals surface area contributed by atoms with E-state index >= 15 is 0 Å². The number of aromatic nitrogens is 3. The molecule has 2 aromatic heterocycles. The molecule has 3 atom stereocenters. The summed E-state index contributed by atoms with van der Waals surface area (Å²) in [5.74, 6) is 1.76. The second-order valence-electron chi connectivity index (χ2n) is 7.33. The Morgan fingerprint density at radius 3 is 2.68 bits per heavy atom. The topological polar surface area (TPSA) is 114 Å². The van der Waals surface area contributed by atoms with Gasteiger partial charge in [-0.3, -0.25) is 4.90 Å². The predicted octanol–water partition coefficient (Wildman–Crippen LogP) is 3.97. The molecule has 0 radical (unpaired) electrons. The lowest BCUT2D eigenvalue weighted by atomic mass is 10.1. The fourth-order valence-electron chi connectivity index (χ4n) is 3.33. The van der Waals surface area contributed by atoms with Crippen LogP contribution >= 0.6 is 11.6 Å². The van der Waals surface area contributed by atoms with Gasteiger partial charge in [-0.2, -0.15) is 4.98 Å². The van der Waals surface area contributed by atoms with Crippen molar-refractivity contribution in [3.8, 4) is 11.3 Å². The number of carbonyl (C=O) groups excluding carboxylic acids is 1. The Hall–Kier alpha value is -3.17. The van der Waals surface area contributed by atoms with Crippen molar-refractivity contribution in [3.05, 3.63) is 53.1 Å². The van der Waals surface area contributed by atoms with Gasteiger partial charge in [0, 0.05) is 16.8 Å². The lowest BCUT2D eigenvalue weighted by Gasteiger charge is -2.22. The number of oxazole rings is 1. The lowest BCUT2D eigenvalue weighted by molar-refractivity contribution is 0.142. The number of rotatable bonds is 6. The van der Waals surface area contributed by atoms with Crippen LogP contribution in [0.4, 0.5) is 16.6 Å². The normalized spacial score (nSPS) is 18.0. The van der Waals surface area contributed by atoms with E-state index in [1.165, 1.54) is 11.1 Å². The van der Waals surface area contributed by atoms with Crippen LogP contribution in [0.2, 0.25) is 5.02 Å². The number of anilines is 2. The molecule has 162 valence electrons. The van der Waals surface area contributed by atoms with E-state index in [4.69, 9.17) is 20.8 Å². The third-order valence-electron chi connectivity index (χ3n) is 4.99. The summed E-state index contributed by atoms with van der Waals surface area (Å²) in [7, 11) is 0. The van der Waals surface area contributed by atoms with Crippen molar-refractivity contribution >= 4 is 29.5 Å². The predicted molar refractivity (Wildman–Crippen MR) is 115 cm³/mol. The number of ether oxygens (including phenoxy) is 1. The molecule has 1 aromatic carbocycles. The average molecular weight is 444 g/mol. The first-order valence-electron chi connectivity index (χ1n) is 9.80. The molecule has 1 aliphatic heterocycles. The molecule has 0 unspecified atom stereocenters. The summed E-state index contributed by atoms with van der Waals surface area (Å²) < 4.78 is 11.0. The molecule has 10 heteroatoms. The van der Waals surface area contributed by atoms with E-state index in [1.54, 1.807) is 25.1 Å². The number of benzene rings is 1. The summed E-state index contributed by atoms with van der Waals surface area (Å²) in [6.07, 6.45) is 0.208. The van der Waals surface area contributed by atoms with E-state index < -0.39 is 18.2 Å². The summed E-state index contributed by atoms with van der Waals surface area (Å²) in [6.45, 7) is 5.44. The van der Waals surface area contributed by atoms with E-state index in [-0.39, 0.29) is 18.6 Å². The zero-order valence-corrected chi connectivity index (χ0v) is 18.0. The summed E-state index contributed by atoms with van der Waals surface area (Å²) in [6, 6.07) is 8.08. The largest absolute Gasteiger partial charge is 0.447 e. The average Bonchev–Trinajstić information content (AvgIpc) is 3.32. The van der Waals surface area contributed by atoms with E-state index in [0.717, 1.165) is 11.3 Å². The van der Waals surface area contributed by atoms with E-state index in [1.807, 2.05) is 26.0 Å². The number of nitrogens with zero attached hydrogens (tertiary/aromatic N) is 4. The maximum atomic E-state index is 12.1. The highest BCUT2D eigenvalue weighted by Crippen LogP contribution is 2.29. The van der Waals surface area contributed by atoms with Gasteiger partial charge < -0.3 is 19.6 Å². The van der Waals surface area contributed by atoms with Gasteiger partial charge >= 0.3 is 6.09 Å². The first-order chi connectivity index (χ1) is 14.8. The van der Waals surface area contributed by atoms with Crippen LogP contribution in [-0.4, -0.2) is 44.9 Å². The molecule has 1 aliphatic rings. The zero-order valence-electron chi connectivity index (χ0n) is 17.2. The number of carbonyl (C=O) groups is 1. The summed E-state index contributed by atoms with van der Waals surface area (Å²) >= 11 is 5.96. The fourth-order valence-corrected chi connectivity index (χ4v) is 3.46. The number of hydrogen-bond donors (Lipinski definition) is 2. The van der Waals surface area contributed by atoms with Crippen molar-refractivity contribution in [1.29, 1.82) is 0 Å². The minimum absolute atomic E-state index is 0.0999. The minimum atomic E-state index is -0.765. The molecule has 31 heavy (non-hydrogen) atoms. The first kappa shape index (κ1) is 21.1. The van der Waals surface area contributed by atoms with Crippen molar-refractivity contribution < 1.29 is 19.1 Å². The van der Waals surface area contributed by atoms with Gasteiger partial charge in [0.2, 0.25) is 11.8 Å². The number of cyclic esters (lactones) is 1. The number of amides is 1. The Labute approximate surface area is 184 Å². The second kappa shape index (κ2) is 8.52. The molecule has 9 nitrogen and oxygen atoms in total. The van der Waals surface area contributed by atoms with Crippen LogP contribution in [0.1, 0.15) is 31.5 Å². The highest BCUT2D eigenvalue weighted by atomic mass is 35.5. The molecular weight excluding hydrogens is 422 g/mol. The number of nitrogens with one attached hydrogen (secondary N) is 1. The number of aliphatic hydroxyl groups excluding tert-OH is 1. The quantitative estimate of drug-likeness (QED) is 0.588. The summed E-state index contributed by atoms with van der Waals surface area (Å²) in [5, 5.41) is 13.7. The van der Waals surface area contributed by atoms with Crippen LogP contribution in [-0.2, 0) is 4.74 Å². The first-order valence-corrected chi connectivity index (χ1v) is 10.2. The molecule has 4 rings (SSSR count). The Kier molecular flexibility index (Phi) is 5.79. The second-order valence-corrected chi connectivity index (χ2v) is 7.77. The van der Waals surface area contributed by atoms with Crippen molar-refractivity contribution in [2.75, 3.05) is 16.8 Å². The van der Waals surface area contributed by atoms with Crippen molar-refractivity contribution in [2.24, 2.45) is 0 Å². The Balaban J connectivity index is 1.54. The van der Waals surface area contributed by atoms with Crippen LogP contribution in [0.25, 0.3) is 11.3 Å². The maximum Gasteiger partial charge on any atom is 0.416 e. The van der Waals surface area contributed by atoms with Gasteiger partial charge in [-0.1, -0.05) is 11.6 Å². The zero-order chi connectivity index (χ0) is 22.1. The standard InChI is InChI=1S/C21H22ClN5O4/c1-11-18(14-4-6-15(22)7-5-14)31-19(24-11)12(2)25-20-23-9-8-17(26-20)27-16(13(3)28)10-30-21(27)29/h4-9,12-13,16,28H,10H2,1-3H3,(H,23,25,26)/t12-,13-,16-/m1/s1.